The zero-order valence-corrected chi connectivity index (χ0v) is 11.4. The molecule has 0 aliphatic heterocycles. The molecule has 5 nitrogen and oxygen atoms in total. The van der Waals surface area contributed by atoms with Crippen molar-refractivity contribution in [1.29, 1.82) is 0 Å². The van der Waals surface area contributed by atoms with E-state index < -0.39 is 0 Å². The van der Waals surface area contributed by atoms with E-state index >= 15 is 0 Å². The first-order chi connectivity index (χ1) is 8.60. The zero-order valence-electron chi connectivity index (χ0n) is 11.4. The van der Waals surface area contributed by atoms with Crippen molar-refractivity contribution >= 4 is 5.91 Å². The van der Waals surface area contributed by atoms with Gasteiger partial charge in [-0.3, -0.25) is 9.48 Å². The summed E-state index contributed by atoms with van der Waals surface area (Å²) in [5, 5.41) is 10.6. The van der Waals surface area contributed by atoms with Crippen molar-refractivity contribution in [3.05, 3.63) is 17.5 Å². The SMILES string of the molecule is CCc1cc(CNC(C)C(=O)NC2CC2)n(C)n1. The van der Waals surface area contributed by atoms with Crippen LogP contribution in [0.4, 0.5) is 0 Å². The van der Waals surface area contributed by atoms with E-state index in [2.05, 4.69) is 28.7 Å². The van der Waals surface area contributed by atoms with Crippen molar-refractivity contribution in [3.63, 3.8) is 0 Å². The monoisotopic (exact) mass is 250 g/mol. The average molecular weight is 250 g/mol. The van der Waals surface area contributed by atoms with Gasteiger partial charge in [-0.05, 0) is 32.3 Å². The first-order valence-corrected chi connectivity index (χ1v) is 6.65. The molecule has 1 fully saturated rings. The Balaban J connectivity index is 1.81. The smallest absolute Gasteiger partial charge is 0.237 e. The van der Waals surface area contributed by atoms with Crippen molar-refractivity contribution in [3.8, 4) is 0 Å². The summed E-state index contributed by atoms with van der Waals surface area (Å²) in [6.07, 6.45) is 3.19. The summed E-state index contributed by atoms with van der Waals surface area (Å²) >= 11 is 0. The lowest BCUT2D eigenvalue weighted by Crippen LogP contribution is -2.42. The molecule has 1 amide bonds. The van der Waals surface area contributed by atoms with Gasteiger partial charge >= 0.3 is 0 Å². The maximum absolute atomic E-state index is 11.8. The van der Waals surface area contributed by atoms with Crippen LogP contribution < -0.4 is 10.6 Å². The zero-order chi connectivity index (χ0) is 13.1. The second-order valence-corrected chi connectivity index (χ2v) is 4.99. The molecule has 5 heteroatoms. The standard InChI is InChI=1S/C13H22N4O/c1-4-10-7-12(17(3)16-10)8-14-9(2)13(18)15-11-5-6-11/h7,9,11,14H,4-6,8H2,1-3H3,(H,15,18). The molecule has 1 saturated carbocycles. The minimum absolute atomic E-state index is 0.0929. The van der Waals surface area contributed by atoms with E-state index in [1.807, 2.05) is 18.7 Å². The summed E-state index contributed by atoms with van der Waals surface area (Å²) < 4.78 is 1.87. The lowest BCUT2D eigenvalue weighted by Gasteiger charge is -2.13. The van der Waals surface area contributed by atoms with Gasteiger partial charge in [0.25, 0.3) is 0 Å². The van der Waals surface area contributed by atoms with Crippen LogP contribution in [-0.2, 0) is 24.8 Å². The predicted octanol–water partition coefficient (Wildman–Crippen LogP) is 0.739. The number of carbonyl (C=O) groups is 1. The fraction of sp³-hybridized carbons (Fsp3) is 0.692. The van der Waals surface area contributed by atoms with Gasteiger partial charge in [-0.1, -0.05) is 6.92 Å². The third-order valence-corrected chi connectivity index (χ3v) is 3.30. The molecule has 0 spiro atoms. The maximum Gasteiger partial charge on any atom is 0.237 e. The fourth-order valence-electron chi connectivity index (χ4n) is 1.81. The average Bonchev–Trinajstić information content (AvgIpc) is 3.08. The number of nitrogens with one attached hydrogen (secondary N) is 2. The fourth-order valence-corrected chi connectivity index (χ4v) is 1.81. The number of rotatable bonds is 6. The van der Waals surface area contributed by atoms with Gasteiger partial charge in [0.15, 0.2) is 0 Å². The molecule has 2 N–H and O–H groups in total. The van der Waals surface area contributed by atoms with Crippen LogP contribution in [0, 0.1) is 0 Å². The van der Waals surface area contributed by atoms with Gasteiger partial charge in [-0.15, -0.1) is 0 Å². The van der Waals surface area contributed by atoms with Crippen molar-refractivity contribution in [2.45, 2.75) is 51.7 Å². The Morgan fingerprint density at radius 2 is 2.33 bits per heavy atom. The lowest BCUT2D eigenvalue weighted by atomic mass is 10.2. The first-order valence-electron chi connectivity index (χ1n) is 6.65. The van der Waals surface area contributed by atoms with Crippen LogP contribution >= 0.6 is 0 Å². The number of hydrogen-bond donors (Lipinski definition) is 2. The molecule has 1 heterocycles. The molecule has 0 bridgehead atoms. The molecule has 1 aliphatic rings. The summed E-state index contributed by atoms with van der Waals surface area (Å²) in [7, 11) is 1.94. The molecule has 1 aromatic heterocycles. The second-order valence-electron chi connectivity index (χ2n) is 4.99. The summed E-state index contributed by atoms with van der Waals surface area (Å²) in [4.78, 5) is 11.8. The lowest BCUT2D eigenvalue weighted by molar-refractivity contribution is -0.122. The molecule has 1 unspecified atom stereocenters. The molecule has 0 aromatic carbocycles. The van der Waals surface area contributed by atoms with Crippen LogP contribution in [0.2, 0.25) is 0 Å². The molecule has 1 aromatic rings. The highest BCUT2D eigenvalue weighted by Gasteiger charge is 2.25. The highest BCUT2D eigenvalue weighted by molar-refractivity contribution is 5.81. The Morgan fingerprint density at radius 3 is 2.89 bits per heavy atom. The normalized spacial score (nSPS) is 16.6. The number of nitrogens with zero attached hydrogens (tertiary/aromatic N) is 2. The van der Waals surface area contributed by atoms with E-state index in [0.717, 1.165) is 30.7 Å². The number of aryl methyl sites for hydroxylation is 2. The number of hydrogen-bond acceptors (Lipinski definition) is 3. The molecular formula is C13H22N4O. The van der Waals surface area contributed by atoms with Crippen molar-refractivity contribution in [2.75, 3.05) is 0 Å². The van der Waals surface area contributed by atoms with E-state index in [1.54, 1.807) is 0 Å². The van der Waals surface area contributed by atoms with E-state index in [1.165, 1.54) is 0 Å². The number of carbonyl (C=O) groups excluding carboxylic acids is 1. The Kier molecular flexibility index (Phi) is 4.01. The van der Waals surface area contributed by atoms with Crippen LogP contribution in [0.1, 0.15) is 38.1 Å². The minimum atomic E-state index is -0.162. The molecule has 1 aliphatic carbocycles. The van der Waals surface area contributed by atoms with Crippen LogP contribution in [0.3, 0.4) is 0 Å². The topological polar surface area (TPSA) is 59.0 Å². The van der Waals surface area contributed by atoms with Gasteiger partial charge in [-0.2, -0.15) is 5.10 Å². The van der Waals surface area contributed by atoms with Crippen LogP contribution in [0.15, 0.2) is 6.07 Å². The summed E-state index contributed by atoms with van der Waals surface area (Å²) in [6, 6.07) is 2.34. The third-order valence-electron chi connectivity index (χ3n) is 3.30. The van der Waals surface area contributed by atoms with E-state index in [0.29, 0.717) is 12.6 Å². The molecule has 100 valence electrons. The van der Waals surface area contributed by atoms with Crippen LogP contribution in [0.5, 0.6) is 0 Å². The summed E-state index contributed by atoms with van der Waals surface area (Å²) in [5.74, 6) is 0.0929. The van der Waals surface area contributed by atoms with Crippen LogP contribution in [-0.4, -0.2) is 27.8 Å². The summed E-state index contributed by atoms with van der Waals surface area (Å²) in [6.45, 7) is 4.66. The molecule has 0 saturated heterocycles. The predicted molar refractivity (Wildman–Crippen MR) is 70.1 cm³/mol. The van der Waals surface area contributed by atoms with Crippen molar-refractivity contribution < 1.29 is 4.79 Å². The van der Waals surface area contributed by atoms with E-state index in [9.17, 15) is 4.79 Å². The van der Waals surface area contributed by atoms with Gasteiger partial charge in [0.1, 0.15) is 0 Å². The quantitative estimate of drug-likeness (QED) is 0.783. The first kappa shape index (κ1) is 13.1. The van der Waals surface area contributed by atoms with Gasteiger partial charge in [0, 0.05) is 19.6 Å². The van der Waals surface area contributed by atoms with Crippen LogP contribution in [0.25, 0.3) is 0 Å². The molecule has 18 heavy (non-hydrogen) atoms. The molecular weight excluding hydrogens is 228 g/mol. The van der Waals surface area contributed by atoms with Gasteiger partial charge in [-0.25, -0.2) is 0 Å². The number of aromatic nitrogens is 2. The Hall–Kier alpha value is -1.36. The number of amides is 1. The highest BCUT2D eigenvalue weighted by atomic mass is 16.2. The molecule has 2 rings (SSSR count). The van der Waals surface area contributed by atoms with E-state index in [4.69, 9.17) is 0 Å². The third kappa shape index (κ3) is 3.32. The molecule has 1 atom stereocenters. The minimum Gasteiger partial charge on any atom is -0.352 e. The Labute approximate surface area is 108 Å². The second kappa shape index (κ2) is 5.52. The maximum atomic E-state index is 11.8. The van der Waals surface area contributed by atoms with Gasteiger partial charge in [0.05, 0.1) is 17.4 Å². The molecule has 0 radical (unpaired) electrons. The highest BCUT2D eigenvalue weighted by Crippen LogP contribution is 2.18. The van der Waals surface area contributed by atoms with E-state index in [-0.39, 0.29) is 11.9 Å². The van der Waals surface area contributed by atoms with Gasteiger partial charge in [0.2, 0.25) is 5.91 Å². The Bertz CT molecular complexity index is 423. The van der Waals surface area contributed by atoms with Crippen molar-refractivity contribution in [1.82, 2.24) is 20.4 Å². The Morgan fingerprint density at radius 1 is 1.61 bits per heavy atom. The van der Waals surface area contributed by atoms with Gasteiger partial charge < -0.3 is 10.6 Å². The summed E-state index contributed by atoms with van der Waals surface area (Å²) in [5.41, 5.74) is 2.20. The largest absolute Gasteiger partial charge is 0.352 e. The van der Waals surface area contributed by atoms with Crippen molar-refractivity contribution in [2.24, 2.45) is 7.05 Å².